The maximum Gasteiger partial charge on any atom is 0.221 e. The Kier molecular flexibility index (Phi) is 3.28. The zero-order chi connectivity index (χ0) is 10.8. The Morgan fingerprint density at radius 2 is 2.29 bits per heavy atom. The maximum atomic E-state index is 11.5. The van der Waals surface area contributed by atoms with Gasteiger partial charge in [0.05, 0.1) is 0 Å². The SMILES string of the molecule is CCn1ccnc1C(C)S(=O)(=O)NC. The van der Waals surface area contributed by atoms with Crippen LogP contribution in [-0.4, -0.2) is 25.0 Å². The number of rotatable bonds is 4. The van der Waals surface area contributed by atoms with Crippen LogP contribution in [0.25, 0.3) is 0 Å². The molecule has 0 aliphatic heterocycles. The number of aromatic nitrogens is 2. The van der Waals surface area contributed by atoms with Crippen LogP contribution in [0.3, 0.4) is 0 Å². The lowest BCUT2D eigenvalue weighted by Gasteiger charge is -2.12. The molecule has 0 aliphatic rings. The molecule has 1 heterocycles. The first-order valence-corrected chi connectivity index (χ1v) is 6.01. The second kappa shape index (κ2) is 4.10. The summed E-state index contributed by atoms with van der Waals surface area (Å²) in [5.41, 5.74) is 0. The molecule has 0 fully saturated rings. The van der Waals surface area contributed by atoms with Crippen molar-refractivity contribution in [2.24, 2.45) is 0 Å². The van der Waals surface area contributed by atoms with Crippen molar-refractivity contribution in [2.45, 2.75) is 25.6 Å². The molecule has 1 aromatic rings. The molecule has 0 aromatic carbocycles. The Labute approximate surface area is 84.2 Å². The Bertz CT molecular complexity index is 396. The summed E-state index contributed by atoms with van der Waals surface area (Å²) in [6.07, 6.45) is 3.39. The molecule has 1 unspecified atom stereocenters. The van der Waals surface area contributed by atoms with Crippen molar-refractivity contribution in [1.29, 1.82) is 0 Å². The molecule has 80 valence electrons. The van der Waals surface area contributed by atoms with Gasteiger partial charge in [-0.2, -0.15) is 0 Å². The Morgan fingerprint density at radius 3 is 2.79 bits per heavy atom. The lowest BCUT2D eigenvalue weighted by Crippen LogP contribution is -2.26. The predicted octanol–water partition coefficient (Wildman–Crippen LogP) is 0.513. The molecule has 0 radical (unpaired) electrons. The molecule has 0 saturated heterocycles. The van der Waals surface area contributed by atoms with Gasteiger partial charge in [0.25, 0.3) is 0 Å². The normalized spacial score (nSPS) is 14.2. The predicted molar refractivity (Wildman–Crippen MR) is 54.3 cm³/mol. The molecule has 1 atom stereocenters. The van der Waals surface area contributed by atoms with Crippen LogP contribution in [0.15, 0.2) is 12.4 Å². The standard InChI is InChI=1S/C8H15N3O2S/c1-4-11-6-5-10-8(11)7(2)14(12,13)9-3/h5-7,9H,4H2,1-3H3. The third-order valence-electron chi connectivity index (χ3n) is 2.20. The van der Waals surface area contributed by atoms with Crippen LogP contribution in [0.2, 0.25) is 0 Å². The van der Waals surface area contributed by atoms with E-state index in [1.54, 1.807) is 19.3 Å². The summed E-state index contributed by atoms with van der Waals surface area (Å²) in [6, 6.07) is 0. The highest BCUT2D eigenvalue weighted by Crippen LogP contribution is 2.18. The van der Waals surface area contributed by atoms with Crippen LogP contribution >= 0.6 is 0 Å². The summed E-state index contributed by atoms with van der Waals surface area (Å²) < 4.78 is 27.1. The number of imidazole rings is 1. The van der Waals surface area contributed by atoms with E-state index in [1.807, 2.05) is 11.5 Å². The third-order valence-corrected chi connectivity index (χ3v) is 3.91. The molecule has 0 aliphatic carbocycles. The minimum atomic E-state index is -3.29. The summed E-state index contributed by atoms with van der Waals surface area (Å²) in [7, 11) is -1.88. The first-order chi connectivity index (χ1) is 6.53. The van der Waals surface area contributed by atoms with E-state index in [1.165, 1.54) is 7.05 Å². The fraction of sp³-hybridized carbons (Fsp3) is 0.625. The quantitative estimate of drug-likeness (QED) is 0.799. The molecule has 1 N–H and O–H groups in total. The first kappa shape index (κ1) is 11.2. The second-order valence-corrected chi connectivity index (χ2v) is 5.17. The van der Waals surface area contributed by atoms with Gasteiger partial charge in [-0.25, -0.2) is 18.1 Å². The molecule has 0 amide bonds. The number of nitrogens with zero attached hydrogens (tertiary/aromatic N) is 2. The van der Waals surface area contributed by atoms with Gasteiger partial charge in [-0.3, -0.25) is 0 Å². The van der Waals surface area contributed by atoms with Gasteiger partial charge in [0.1, 0.15) is 11.1 Å². The van der Waals surface area contributed by atoms with E-state index >= 15 is 0 Å². The summed E-state index contributed by atoms with van der Waals surface area (Å²) in [5, 5.41) is -0.623. The van der Waals surface area contributed by atoms with E-state index < -0.39 is 15.3 Å². The summed E-state index contributed by atoms with van der Waals surface area (Å²) >= 11 is 0. The molecule has 1 rings (SSSR count). The van der Waals surface area contributed by atoms with Gasteiger partial charge in [-0.05, 0) is 20.9 Å². The molecule has 0 bridgehead atoms. The number of hydrogen-bond acceptors (Lipinski definition) is 3. The van der Waals surface area contributed by atoms with Crippen molar-refractivity contribution < 1.29 is 8.42 Å². The van der Waals surface area contributed by atoms with Crippen molar-refractivity contribution in [3.63, 3.8) is 0 Å². The van der Waals surface area contributed by atoms with Gasteiger partial charge in [-0.1, -0.05) is 0 Å². The van der Waals surface area contributed by atoms with E-state index in [0.29, 0.717) is 5.82 Å². The van der Waals surface area contributed by atoms with Gasteiger partial charge < -0.3 is 4.57 Å². The van der Waals surface area contributed by atoms with Crippen LogP contribution in [-0.2, 0) is 16.6 Å². The highest BCUT2D eigenvalue weighted by Gasteiger charge is 2.24. The van der Waals surface area contributed by atoms with Crippen LogP contribution in [0, 0.1) is 0 Å². The molecule has 6 heteroatoms. The fourth-order valence-electron chi connectivity index (χ4n) is 1.26. The van der Waals surface area contributed by atoms with Gasteiger partial charge in [0, 0.05) is 18.9 Å². The van der Waals surface area contributed by atoms with E-state index in [2.05, 4.69) is 9.71 Å². The maximum absolute atomic E-state index is 11.5. The average Bonchev–Trinajstić information content (AvgIpc) is 2.64. The largest absolute Gasteiger partial charge is 0.334 e. The van der Waals surface area contributed by atoms with Gasteiger partial charge in [0.15, 0.2) is 0 Å². The minimum Gasteiger partial charge on any atom is -0.334 e. The van der Waals surface area contributed by atoms with Gasteiger partial charge in [-0.15, -0.1) is 0 Å². The van der Waals surface area contributed by atoms with E-state index in [-0.39, 0.29) is 0 Å². The lowest BCUT2D eigenvalue weighted by molar-refractivity contribution is 0.569. The van der Waals surface area contributed by atoms with E-state index in [9.17, 15) is 8.42 Å². The van der Waals surface area contributed by atoms with Crippen molar-refractivity contribution in [2.75, 3.05) is 7.05 Å². The van der Waals surface area contributed by atoms with Crippen LogP contribution < -0.4 is 4.72 Å². The van der Waals surface area contributed by atoms with Gasteiger partial charge in [0.2, 0.25) is 10.0 Å². The minimum absolute atomic E-state index is 0.571. The zero-order valence-electron chi connectivity index (χ0n) is 8.56. The topological polar surface area (TPSA) is 64.0 Å². The molecule has 14 heavy (non-hydrogen) atoms. The Morgan fingerprint density at radius 1 is 1.64 bits per heavy atom. The number of sulfonamides is 1. The van der Waals surface area contributed by atoms with E-state index in [0.717, 1.165) is 6.54 Å². The summed E-state index contributed by atoms with van der Waals surface area (Å²) in [6.45, 7) is 4.29. The first-order valence-electron chi connectivity index (χ1n) is 4.46. The molecule has 0 spiro atoms. The van der Waals surface area contributed by atoms with Crippen LogP contribution in [0.1, 0.15) is 24.9 Å². The summed E-state index contributed by atoms with van der Waals surface area (Å²) in [5.74, 6) is 0.571. The van der Waals surface area contributed by atoms with Crippen molar-refractivity contribution in [3.8, 4) is 0 Å². The zero-order valence-corrected chi connectivity index (χ0v) is 9.37. The monoisotopic (exact) mass is 217 g/mol. The smallest absolute Gasteiger partial charge is 0.221 e. The highest BCUT2D eigenvalue weighted by molar-refractivity contribution is 7.89. The average molecular weight is 217 g/mol. The van der Waals surface area contributed by atoms with Crippen LogP contribution in [0.4, 0.5) is 0 Å². The third kappa shape index (κ3) is 1.96. The van der Waals surface area contributed by atoms with Gasteiger partial charge >= 0.3 is 0 Å². The van der Waals surface area contributed by atoms with Crippen molar-refractivity contribution in [3.05, 3.63) is 18.2 Å². The van der Waals surface area contributed by atoms with Crippen molar-refractivity contribution in [1.82, 2.24) is 14.3 Å². The molecule has 1 aromatic heterocycles. The molecular weight excluding hydrogens is 202 g/mol. The van der Waals surface area contributed by atoms with Crippen molar-refractivity contribution >= 4 is 10.0 Å². The summed E-state index contributed by atoms with van der Waals surface area (Å²) in [4.78, 5) is 4.04. The highest BCUT2D eigenvalue weighted by atomic mass is 32.2. The van der Waals surface area contributed by atoms with E-state index in [4.69, 9.17) is 0 Å². The second-order valence-electron chi connectivity index (χ2n) is 2.96. The molecular formula is C8H15N3O2S. The molecule has 5 nitrogen and oxygen atoms in total. The van der Waals surface area contributed by atoms with Crippen LogP contribution in [0.5, 0.6) is 0 Å². The number of nitrogens with one attached hydrogen (secondary N) is 1. The fourth-order valence-corrected chi connectivity index (χ4v) is 2.09. The number of aryl methyl sites for hydroxylation is 1. The molecule has 0 saturated carbocycles. The lowest BCUT2D eigenvalue weighted by atomic mass is 10.4. The Hall–Kier alpha value is -0.880. The number of hydrogen-bond donors (Lipinski definition) is 1. The Balaban J connectivity index is 3.06.